The molecule has 7 heteroatoms. The van der Waals surface area contributed by atoms with Crippen LogP contribution in [0.15, 0.2) is 54.6 Å². The lowest BCUT2D eigenvalue weighted by atomic mass is 10.2. The normalized spacial score (nSPS) is 13.0. The van der Waals surface area contributed by atoms with Crippen LogP contribution in [-0.4, -0.2) is 34.3 Å². The summed E-state index contributed by atoms with van der Waals surface area (Å²) in [6, 6.07) is 14.1. The largest absolute Gasteiger partial charge is 0.425 e. The molecule has 0 saturated heterocycles. The van der Waals surface area contributed by atoms with Gasteiger partial charge >= 0.3 is 5.97 Å². The zero-order valence-corrected chi connectivity index (χ0v) is 12.6. The molecule has 0 bridgehead atoms. The van der Waals surface area contributed by atoms with E-state index in [1.54, 1.807) is 30.3 Å². The van der Waals surface area contributed by atoms with Crippen LogP contribution in [0.5, 0.6) is 5.75 Å². The molecule has 2 atom stereocenters. The highest BCUT2D eigenvalue weighted by Crippen LogP contribution is 2.14. The molecule has 120 valence electrons. The van der Waals surface area contributed by atoms with Crippen LogP contribution in [0, 0.1) is 0 Å². The van der Waals surface area contributed by atoms with Crippen LogP contribution in [0.4, 0.5) is 5.69 Å². The van der Waals surface area contributed by atoms with Gasteiger partial charge in [-0.3, -0.25) is 4.79 Å². The highest BCUT2D eigenvalue weighted by molar-refractivity contribution is 6.30. The maximum absolute atomic E-state index is 11.8. The van der Waals surface area contributed by atoms with E-state index in [-0.39, 0.29) is 5.75 Å². The average Bonchev–Trinajstić information content (AvgIpc) is 2.56. The van der Waals surface area contributed by atoms with Crippen LogP contribution in [-0.2, 0) is 9.59 Å². The molecule has 0 aliphatic carbocycles. The first-order valence-corrected chi connectivity index (χ1v) is 7.04. The molecule has 0 fully saturated rings. The predicted octanol–water partition coefficient (Wildman–Crippen LogP) is 1.61. The Balaban J connectivity index is 1.95. The molecule has 1 amide bonds. The Morgan fingerprint density at radius 1 is 0.957 bits per heavy atom. The fourth-order valence-electron chi connectivity index (χ4n) is 1.69. The summed E-state index contributed by atoms with van der Waals surface area (Å²) < 4.78 is 4.87. The Morgan fingerprint density at radius 3 is 2.17 bits per heavy atom. The number of nitrogens with one attached hydrogen (secondary N) is 1. The van der Waals surface area contributed by atoms with Crippen molar-refractivity contribution < 1.29 is 24.5 Å². The number of benzene rings is 2. The minimum Gasteiger partial charge on any atom is -0.425 e. The van der Waals surface area contributed by atoms with Gasteiger partial charge in [0.1, 0.15) is 5.75 Å². The maximum atomic E-state index is 11.8. The summed E-state index contributed by atoms with van der Waals surface area (Å²) in [4.78, 5) is 23.6. The number of anilines is 1. The summed E-state index contributed by atoms with van der Waals surface area (Å²) in [7, 11) is 0. The van der Waals surface area contributed by atoms with Gasteiger partial charge in [-0.25, -0.2) is 4.79 Å². The molecular weight excluding hydrogens is 322 g/mol. The number of amides is 1. The monoisotopic (exact) mass is 335 g/mol. The van der Waals surface area contributed by atoms with E-state index in [2.05, 4.69) is 5.32 Å². The van der Waals surface area contributed by atoms with Gasteiger partial charge in [0.15, 0.2) is 12.2 Å². The van der Waals surface area contributed by atoms with E-state index in [1.165, 1.54) is 24.3 Å². The fourth-order valence-corrected chi connectivity index (χ4v) is 1.81. The Morgan fingerprint density at radius 2 is 1.57 bits per heavy atom. The van der Waals surface area contributed by atoms with Gasteiger partial charge in [0.2, 0.25) is 0 Å². The van der Waals surface area contributed by atoms with Gasteiger partial charge in [-0.15, -0.1) is 0 Å². The van der Waals surface area contributed by atoms with Gasteiger partial charge < -0.3 is 20.3 Å². The third-order valence-corrected chi connectivity index (χ3v) is 3.13. The van der Waals surface area contributed by atoms with Crippen LogP contribution >= 0.6 is 11.6 Å². The van der Waals surface area contributed by atoms with Crippen LogP contribution < -0.4 is 10.1 Å². The number of esters is 1. The predicted molar refractivity (Wildman–Crippen MR) is 84.2 cm³/mol. The molecule has 2 aromatic rings. The smallest absolute Gasteiger partial charge is 0.343 e. The van der Waals surface area contributed by atoms with Crippen molar-refractivity contribution >= 4 is 29.2 Å². The summed E-state index contributed by atoms with van der Waals surface area (Å²) in [6.07, 6.45) is -3.98. The van der Waals surface area contributed by atoms with Crippen molar-refractivity contribution in [2.75, 3.05) is 5.32 Å². The molecule has 0 radical (unpaired) electrons. The summed E-state index contributed by atoms with van der Waals surface area (Å²) in [5, 5.41) is 22.3. The minimum atomic E-state index is -2.01. The second kappa shape index (κ2) is 7.73. The Kier molecular flexibility index (Phi) is 5.70. The molecule has 0 aliphatic rings. The molecule has 2 rings (SSSR count). The third kappa shape index (κ3) is 4.79. The van der Waals surface area contributed by atoms with Gasteiger partial charge in [0.25, 0.3) is 5.91 Å². The number of aliphatic hydroxyl groups excluding tert-OH is 2. The molecule has 23 heavy (non-hydrogen) atoms. The van der Waals surface area contributed by atoms with Gasteiger partial charge in [-0.2, -0.15) is 0 Å². The van der Waals surface area contributed by atoms with E-state index in [0.717, 1.165) is 0 Å². The number of aliphatic hydroxyl groups is 2. The average molecular weight is 336 g/mol. The zero-order valence-electron chi connectivity index (χ0n) is 11.8. The van der Waals surface area contributed by atoms with Gasteiger partial charge in [-0.1, -0.05) is 29.8 Å². The number of carbonyl (C=O) groups excluding carboxylic acids is 2. The second-order valence-electron chi connectivity index (χ2n) is 4.62. The number of hydrogen-bond acceptors (Lipinski definition) is 5. The number of ether oxygens (including phenoxy) is 1. The number of hydrogen-bond donors (Lipinski definition) is 3. The van der Waals surface area contributed by atoms with Crippen molar-refractivity contribution in [2.24, 2.45) is 0 Å². The lowest BCUT2D eigenvalue weighted by Gasteiger charge is -2.16. The lowest BCUT2D eigenvalue weighted by molar-refractivity contribution is -0.154. The van der Waals surface area contributed by atoms with Crippen LogP contribution in [0.1, 0.15) is 0 Å². The van der Waals surface area contributed by atoms with Crippen LogP contribution in [0.2, 0.25) is 5.02 Å². The molecule has 0 heterocycles. The van der Waals surface area contributed by atoms with E-state index in [9.17, 15) is 19.8 Å². The molecule has 0 aliphatic heterocycles. The van der Waals surface area contributed by atoms with Crippen molar-refractivity contribution in [1.82, 2.24) is 0 Å². The highest BCUT2D eigenvalue weighted by atomic mass is 35.5. The summed E-state index contributed by atoms with van der Waals surface area (Å²) in [5.41, 5.74) is 0.363. The van der Waals surface area contributed by atoms with E-state index in [4.69, 9.17) is 16.3 Å². The number of rotatable bonds is 5. The zero-order chi connectivity index (χ0) is 16.8. The van der Waals surface area contributed by atoms with E-state index >= 15 is 0 Å². The van der Waals surface area contributed by atoms with E-state index in [0.29, 0.717) is 10.7 Å². The topological polar surface area (TPSA) is 95.9 Å². The quantitative estimate of drug-likeness (QED) is 0.570. The second-order valence-corrected chi connectivity index (χ2v) is 5.06. The summed E-state index contributed by atoms with van der Waals surface area (Å²) in [5.74, 6) is -1.87. The summed E-state index contributed by atoms with van der Waals surface area (Å²) >= 11 is 5.72. The van der Waals surface area contributed by atoms with Gasteiger partial charge in [-0.05, 0) is 36.4 Å². The first kappa shape index (κ1) is 17.0. The van der Waals surface area contributed by atoms with Crippen molar-refractivity contribution in [1.29, 1.82) is 0 Å². The Labute approximate surface area is 137 Å². The first-order chi connectivity index (χ1) is 11.0. The number of carbonyl (C=O) groups is 2. The standard InChI is InChI=1S/C16H14ClNO5/c17-10-6-8-11(9-7-10)18-15(21)13(19)14(20)16(22)23-12-4-2-1-3-5-12/h1-9,13-14,19-20H,(H,18,21). The fraction of sp³-hybridized carbons (Fsp3) is 0.125. The summed E-state index contributed by atoms with van der Waals surface area (Å²) in [6.45, 7) is 0. The molecule has 0 spiro atoms. The molecule has 2 unspecified atom stereocenters. The molecule has 0 aromatic heterocycles. The van der Waals surface area contributed by atoms with Gasteiger partial charge in [0, 0.05) is 10.7 Å². The molecular formula is C16H14ClNO5. The first-order valence-electron chi connectivity index (χ1n) is 6.66. The SMILES string of the molecule is O=C(Nc1ccc(Cl)cc1)C(O)C(O)C(=O)Oc1ccccc1. The number of halogens is 1. The van der Waals surface area contributed by atoms with Crippen molar-refractivity contribution in [3.05, 3.63) is 59.6 Å². The molecule has 3 N–H and O–H groups in total. The molecule has 6 nitrogen and oxygen atoms in total. The maximum Gasteiger partial charge on any atom is 0.343 e. The van der Waals surface area contributed by atoms with Crippen LogP contribution in [0.25, 0.3) is 0 Å². The van der Waals surface area contributed by atoms with Crippen molar-refractivity contribution in [2.45, 2.75) is 12.2 Å². The Hall–Kier alpha value is -2.41. The molecule has 2 aromatic carbocycles. The minimum absolute atomic E-state index is 0.196. The van der Waals surface area contributed by atoms with Crippen molar-refractivity contribution in [3.8, 4) is 5.75 Å². The molecule has 0 saturated carbocycles. The van der Waals surface area contributed by atoms with Gasteiger partial charge in [0.05, 0.1) is 0 Å². The highest BCUT2D eigenvalue weighted by Gasteiger charge is 2.32. The number of para-hydroxylation sites is 1. The van der Waals surface area contributed by atoms with Crippen LogP contribution in [0.3, 0.4) is 0 Å². The Bertz CT molecular complexity index is 675. The van der Waals surface area contributed by atoms with Crippen molar-refractivity contribution in [3.63, 3.8) is 0 Å². The van der Waals surface area contributed by atoms with E-state index < -0.39 is 24.1 Å². The van der Waals surface area contributed by atoms with E-state index in [1.807, 2.05) is 0 Å². The lowest BCUT2D eigenvalue weighted by Crippen LogP contribution is -2.44. The third-order valence-electron chi connectivity index (χ3n) is 2.88.